The molecule has 0 radical (unpaired) electrons. The molecule has 2 heterocycles. The van der Waals surface area contributed by atoms with Crippen molar-refractivity contribution in [1.29, 1.82) is 0 Å². The van der Waals surface area contributed by atoms with Crippen LogP contribution in [0, 0.1) is 0 Å². The molecular formula is C19H23ClN2O3S. The average molecular weight is 395 g/mol. The van der Waals surface area contributed by atoms with E-state index in [1.807, 2.05) is 30.3 Å². The van der Waals surface area contributed by atoms with Gasteiger partial charge in [0.1, 0.15) is 13.2 Å². The Morgan fingerprint density at radius 2 is 1.85 bits per heavy atom. The van der Waals surface area contributed by atoms with Gasteiger partial charge in [-0.15, -0.1) is 23.7 Å². The van der Waals surface area contributed by atoms with E-state index in [2.05, 4.69) is 5.32 Å². The van der Waals surface area contributed by atoms with E-state index in [9.17, 15) is 4.79 Å². The Kier molecular flexibility index (Phi) is 5.75. The minimum absolute atomic E-state index is 0. The minimum Gasteiger partial charge on any atom is -0.486 e. The van der Waals surface area contributed by atoms with Crippen molar-refractivity contribution < 1.29 is 14.3 Å². The fourth-order valence-electron chi connectivity index (χ4n) is 3.55. The Labute approximate surface area is 163 Å². The number of hydrogen-bond acceptors (Lipinski definition) is 5. The largest absolute Gasteiger partial charge is 0.486 e. The number of thiophene rings is 1. The van der Waals surface area contributed by atoms with E-state index in [0.29, 0.717) is 24.6 Å². The van der Waals surface area contributed by atoms with Crippen molar-refractivity contribution in [3.05, 3.63) is 35.2 Å². The molecule has 0 spiro atoms. The smallest absolute Gasteiger partial charge is 0.261 e. The zero-order valence-electron chi connectivity index (χ0n) is 14.5. The van der Waals surface area contributed by atoms with Crippen molar-refractivity contribution in [3.8, 4) is 21.9 Å². The summed E-state index contributed by atoms with van der Waals surface area (Å²) in [6, 6.07) is 9.75. The van der Waals surface area contributed by atoms with Crippen LogP contribution in [-0.4, -0.2) is 31.2 Å². The minimum atomic E-state index is -0.224. The van der Waals surface area contributed by atoms with Gasteiger partial charge in [-0.3, -0.25) is 4.79 Å². The van der Waals surface area contributed by atoms with Gasteiger partial charge < -0.3 is 20.5 Å². The van der Waals surface area contributed by atoms with Crippen LogP contribution in [0.3, 0.4) is 0 Å². The van der Waals surface area contributed by atoms with Gasteiger partial charge in [0.25, 0.3) is 5.91 Å². The Morgan fingerprint density at radius 1 is 1.12 bits per heavy atom. The first kappa shape index (κ1) is 19.0. The number of carbonyl (C=O) groups is 1. The summed E-state index contributed by atoms with van der Waals surface area (Å²) in [5.41, 5.74) is 6.73. The molecule has 1 saturated carbocycles. The number of amides is 1. The number of rotatable bonds is 4. The molecule has 1 aromatic heterocycles. The molecule has 1 fully saturated rings. The van der Waals surface area contributed by atoms with E-state index in [1.165, 1.54) is 11.3 Å². The highest BCUT2D eigenvalue weighted by atomic mass is 35.5. The summed E-state index contributed by atoms with van der Waals surface area (Å²) < 4.78 is 11.2. The maximum Gasteiger partial charge on any atom is 0.261 e. The van der Waals surface area contributed by atoms with Gasteiger partial charge in [-0.05, 0) is 48.7 Å². The van der Waals surface area contributed by atoms with Crippen LogP contribution < -0.4 is 20.5 Å². The number of nitrogens with one attached hydrogen (secondary N) is 1. The predicted molar refractivity (Wildman–Crippen MR) is 106 cm³/mol. The molecule has 3 N–H and O–H groups in total. The topological polar surface area (TPSA) is 73.6 Å². The van der Waals surface area contributed by atoms with Crippen LogP contribution in [0.4, 0.5) is 0 Å². The van der Waals surface area contributed by atoms with Gasteiger partial charge in [-0.2, -0.15) is 0 Å². The summed E-state index contributed by atoms with van der Waals surface area (Å²) in [5, 5.41) is 3.17. The van der Waals surface area contributed by atoms with E-state index in [1.54, 1.807) is 0 Å². The summed E-state index contributed by atoms with van der Waals surface area (Å²) in [5.74, 6) is 1.51. The molecule has 7 heteroatoms. The molecule has 1 aliphatic heterocycles. The van der Waals surface area contributed by atoms with Crippen LogP contribution in [0.1, 0.15) is 35.4 Å². The summed E-state index contributed by atoms with van der Waals surface area (Å²) in [6.07, 6.45) is 4.19. The molecular weight excluding hydrogens is 372 g/mol. The molecule has 0 atom stereocenters. The standard InChI is InChI=1S/C19H22N2O3S.ClH/c20-12-19(7-1-2-8-19)21-18(22)17-6-5-16(25-17)13-3-4-14-15(11-13)24-10-9-23-14;/h3-6,11H,1-2,7-10,12,20H2,(H,21,22);1H. The highest BCUT2D eigenvalue weighted by Crippen LogP contribution is 2.37. The lowest BCUT2D eigenvalue weighted by Gasteiger charge is -2.28. The lowest BCUT2D eigenvalue weighted by atomic mass is 9.98. The fraction of sp³-hybridized carbons (Fsp3) is 0.421. The van der Waals surface area contributed by atoms with E-state index < -0.39 is 0 Å². The molecule has 2 aliphatic rings. The molecule has 1 amide bonds. The molecule has 1 aliphatic carbocycles. The summed E-state index contributed by atoms with van der Waals surface area (Å²) in [7, 11) is 0. The second-order valence-electron chi connectivity index (χ2n) is 6.67. The zero-order valence-corrected chi connectivity index (χ0v) is 16.1. The lowest BCUT2D eigenvalue weighted by molar-refractivity contribution is 0.0907. The van der Waals surface area contributed by atoms with Crippen LogP contribution >= 0.6 is 23.7 Å². The molecule has 26 heavy (non-hydrogen) atoms. The summed E-state index contributed by atoms with van der Waals surface area (Å²) >= 11 is 1.49. The first-order chi connectivity index (χ1) is 12.2. The third-order valence-corrected chi connectivity index (χ3v) is 6.12. The van der Waals surface area contributed by atoms with Gasteiger partial charge in [0.15, 0.2) is 11.5 Å². The van der Waals surface area contributed by atoms with E-state index in [-0.39, 0.29) is 23.9 Å². The van der Waals surface area contributed by atoms with Gasteiger partial charge >= 0.3 is 0 Å². The number of fused-ring (bicyclic) bond motifs is 1. The Hall–Kier alpha value is -1.76. The SMILES string of the molecule is Cl.NCC1(NC(=O)c2ccc(-c3ccc4c(c3)OCCO4)s2)CCCC1. The second-order valence-corrected chi connectivity index (χ2v) is 7.75. The van der Waals surface area contributed by atoms with Gasteiger partial charge in [0, 0.05) is 11.4 Å². The van der Waals surface area contributed by atoms with Crippen molar-refractivity contribution >= 4 is 29.7 Å². The van der Waals surface area contributed by atoms with Crippen molar-refractivity contribution in [1.82, 2.24) is 5.32 Å². The first-order valence-electron chi connectivity index (χ1n) is 8.72. The Balaban J connectivity index is 0.00000196. The van der Waals surface area contributed by atoms with Crippen LogP contribution in [0.25, 0.3) is 10.4 Å². The molecule has 0 unspecified atom stereocenters. The summed E-state index contributed by atoms with van der Waals surface area (Å²) in [4.78, 5) is 14.4. The van der Waals surface area contributed by atoms with E-state index in [0.717, 1.165) is 47.6 Å². The lowest BCUT2D eigenvalue weighted by Crippen LogP contribution is -2.51. The first-order valence-corrected chi connectivity index (χ1v) is 9.53. The van der Waals surface area contributed by atoms with Gasteiger partial charge in [-0.25, -0.2) is 0 Å². The number of benzene rings is 1. The fourth-order valence-corrected chi connectivity index (χ4v) is 4.44. The molecule has 5 nitrogen and oxygen atoms in total. The van der Waals surface area contributed by atoms with Crippen LogP contribution in [0.15, 0.2) is 30.3 Å². The normalized spacial score (nSPS) is 17.4. The highest BCUT2D eigenvalue weighted by molar-refractivity contribution is 7.17. The molecule has 2 aromatic rings. The Morgan fingerprint density at radius 3 is 2.58 bits per heavy atom. The number of carbonyl (C=O) groups excluding carboxylic acids is 1. The number of nitrogens with two attached hydrogens (primary N) is 1. The number of ether oxygens (including phenoxy) is 2. The number of halogens is 1. The van der Waals surface area contributed by atoms with Crippen molar-refractivity contribution in [3.63, 3.8) is 0 Å². The van der Waals surface area contributed by atoms with Gasteiger partial charge in [-0.1, -0.05) is 12.8 Å². The third-order valence-electron chi connectivity index (χ3n) is 4.99. The molecule has 140 valence electrons. The predicted octanol–water partition coefficient (Wildman–Crippen LogP) is 3.61. The van der Waals surface area contributed by atoms with Crippen LogP contribution in [0.2, 0.25) is 0 Å². The third kappa shape index (κ3) is 3.68. The molecule has 1 aromatic carbocycles. The number of hydrogen-bond donors (Lipinski definition) is 2. The van der Waals surface area contributed by atoms with E-state index >= 15 is 0 Å². The second kappa shape index (κ2) is 7.86. The van der Waals surface area contributed by atoms with Crippen molar-refractivity contribution in [2.75, 3.05) is 19.8 Å². The average Bonchev–Trinajstić information content (AvgIpc) is 3.31. The zero-order chi connectivity index (χ0) is 17.3. The summed E-state index contributed by atoms with van der Waals surface area (Å²) in [6.45, 7) is 1.65. The monoisotopic (exact) mass is 394 g/mol. The maximum absolute atomic E-state index is 12.6. The van der Waals surface area contributed by atoms with Crippen molar-refractivity contribution in [2.24, 2.45) is 5.73 Å². The molecule has 0 bridgehead atoms. The van der Waals surface area contributed by atoms with Crippen LogP contribution in [-0.2, 0) is 0 Å². The van der Waals surface area contributed by atoms with Crippen molar-refractivity contribution in [2.45, 2.75) is 31.2 Å². The van der Waals surface area contributed by atoms with E-state index in [4.69, 9.17) is 15.2 Å². The van der Waals surface area contributed by atoms with Crippen LogP contribution in [0.5, 0.6) is 11.5 Å². The Bertz CT molecular complexity index is 787. The maximum atomic E-state index is 12.6. The van der Waals surface area contributed by atoms with Gasteiger partial charge in [0.2, 0.25) is 0 Å². The highest BCUT2D eigenvalue weighted by Gasteiger charge is 2.34. The molecule has 4 rings (SSSR count). The molecule has 0 saturated heterocycles. The quantitative estimate of drug-likeness (QED) is 0.830. The van der Waals surface area contributed by atoms with Gasteiger partial charge in [0.05, 0.1) is 10.4 Å².